The van der Waals surface area contributed by atoms with Crippen molar-refractivity contribution in [2.75, 3.05) is 7.11 Å². The van der Waals surface area contributed by atoms with Crippen molar-refractivity contribution in [2.24, 2.45) is 4.99 Å². The van der Waals surface area contributed by atoms with E-state index in [1.807, 2.05) is 12.1 Å². The maximum Gasteiger partial charge on any atom is 0.288 e. The summed E-state index contributed by atoms with van der Waals surface area (Å²) < 4.78 is 5.09. The Balaban J connectivity index is 1.93. The van der Waals surface area contributed by atoms with Gasteiger partial charge in [0.05, 0.1) is 12.0 Å². The number of nitro benzene ring substituents is 1. The highest BCUT2D eigenvalue weighted by Crippen LogP contribution is 2.32. The minimum absolute atomic E-state index is 0.0395. The van der Waals surface area contributed by atoms with E-state index < -0.39 is 4.92 Å². The number of nitrogens with zero attached hydrogens (tertiary/aromatic N) is 2. The van der Waals surface area contributed by atoms with E-state index in [1.165, 1.54) is 12.1 Å². The molecule has 1 heterocycles. The SMILES string of the molecule is COc1ccc(/C=C2\N=C(c3ccc(Cl)c([N+](=O)[O-])c3)SC2=O)cc1. The number of aliphatic imine (C=N–C) groups is 1. The number of ether oxygens (including phenoxy) is 1. The molecule has 0 amide bonds. The summed E-state index contributed by atoms with van der Waals surface area (Å²) in [5.74, 6) is 0.715. The number of thioether (sulfide) groups is 1. The molecule has 0 aliphatic carbocycles. The normalized spacial score (nSPS) is 15.4. The van der Waals surface area contributed by atoms with Gasteiger partial charge in [0.15, 0.2) is 0 Å². The molecule has 0 fully saturated rings. The van der Waals surface area contributed by atoms with E-state index in [9.17, 15) is 14.9 Å². The number of halogens is 1. The molecule has 0 unspecified atom stereocenters. The highest BCUT2D eigenvalue weighted by Gasteiger charge is 2.25. The van der Waals surface area contributed by atoms with Crippen LogP contribution in [0.25, 0.3) is 6.08 Å². The number of hydrogen-bond acceptors (Lipinski definition) is 6. The molecule has 1 aliphatic heterocycles. The number of benzene rings is 2. The molecule has 3 rings (SSSR count). The molecular weight excluding hydrogens is 364 g/mol. The van der Waals surface area contributed by atoms with Crippen LogP contribution in [0.1, 0.15) is 11.1 Å². The molecule has 0 N–H and O–H groups in total. The molecule has 0 aromatic heterocycles. The number of hydrogen-bond donors (Lipinski definition) is 0. The van der Waals surface area contributed by atoms with Gasteiger partial charge in [0.25, 0.3) is 5.69 Å². The smallest absolute Gasteiger partial charge is 0.288 e. The molecule has 126 valence electrons. The molecule has 0 radical (unpaired) electrons. The topological polar surface area (TPSA) is 81.8 Å². The molecule has 6 nitrogen and oxygen atoms in total. The Morgan fingerprint density at radius 3 is 2.60 bits per heavy atom. The maximum absolute atomic E-state index is 12.2. The first kappa shape index (κ1) is 17.2. The Kier molecular flexibility index (Phi) is 4.87. The largest absolute Gasteiger partial charge is 0.497 e. The Hall–Kier alpha value is -2.64. The summed E-state index contributed by atoms with van der Waals surface area (Å²) in [4.78, 5) is 26.9. The van der Waals surface area contributed by atoms with Crippen molar-refractivity contribution in [1.29, 1.82) is 0 Å². The first-order valence-electron chi connectivity index (χ1n) is 7.09. The summed E-state index contributed by atoms with van der Waals surface area (Å²) in [6.07, 6.45) is 1.66. The van der Waals surface area contributed by atoms with Crippen LogP contribution in [0.15, 0.2) is 53.2 Å². The molecule has 0 saturated carbocycles. The fraction of sp³-hybridized carbons (Fsp3) is 0.0588. The predicted octanol–water partition coefficient (Wildman–Crippen LogP) is 4.32. The number of rotatable bonds is 4. The first-order chi connectivity index (χ1) is 12.0. The average molecular weight is 375 g/mol. The molecular formula is C17H11ClN2O4S. The summed E-state index contributed by atoms with van der Waals surface area (Å²) in [5, 5.41) is 11.2. The fourth-order valence-electron chi connectivity index (χ4n) is 2.18. The van der Waals surface area contributed by atoms with Gasteiger partial charge in [0.2, 0.25) is 5.12 Å². The zero-order valence-corrected chi connectivity index (χ0v) is 14.5. The highest BCUT2D eigenvalue weighted by atomic mass is 35.5. The van der Waals surface area contributed by atoms with E-state index >= 15 is 0 Å². The second kappa shape index (κ2) is 7.08. The van der Waals surface area contributed by atoms with Crippen LogP contribution in [-0.4, -0.2) is 22.2 Å². The van der Waals surface area contributed by atoms with Crippen LogP contribution < -0.4 is 4.74 Å². The van der Waals surface area contributed by atoms with Gasteiger partial charge in [-0.2, -0.15) is 0 Å². The maximum atomic E-state index is 12.2. The second-order valence-corrected chi connectivity index (χ2v) is 6.40. The van der Waals surface area contributed by atoms with Gasteiger partial charge in [-0.25, -0.2) is 4.99 Å². The molecule has 0 spiro atoms. The third-order valence-electron chi connectivity index (χ3n) is 3.43. The lowest BCUT2D eigenvalue weighted by molar-refractivity contribution is -0.384. The molecule has 8 heteroatoms. The molecule has 25 heavy (non-hydrogen) atoms. The van der Waals surface area contributed by atoms with Crippen molar-refractivity contribution in [3.8, 4) is 5.75 Å². The Morgan fingerprint density at radius 1 is 1.24 bits per heavy atom. The van der Waals surface area contributed by atoms with Crippen molar-refractivity contribution < 1.29 is 14.5 Å². The van der Waals surface area contributed by atoms with Crippen molar-refractivity contribution in [1.82, 2.24) is 0 Å². The van der Waals surface area contributed by atoms with Gasteiger partial charge >= 0.3 is 0 Å². The summed E-state index contributed by atoms with van der Waals surface area (Å²) in [7, 11) is 1.58. The third-order valence-corrected chi connectivity index (χ3v) is 4.66. The van der Waals surface area contributed by atoms with Crippen LogP contribution in [0.3, 0.4) is 0 Å². The van der Waals surface area contributed by atoms with Gasteiger partial charge in [0, 0.05) is 11.6 Å². The fourth-order valence-corrected chi connectivity index (χ4v) is 3.14. The predicted molar refractivity (Wildman–Crippen MR) is 98.2 cm³/mol. The van der Waals surface area contributed by atoms with E-state index in [0.717, 1.165) is 17.3 Å². The summed E-state index contributed by atoms with van der Waals surface area (Å²) in [6, 6.07) is 11.5. The Morgan fingerprint density at radius 2 is 1.96 bits per heavy atom. The third kappa shape index (κ3) is 3.72. The Labute approximate surface area is 152 Å². The summed E-state index contributed by atoms with van der Waals surface area (Å²) >= 11 is 6.74. The molecule has 2 aromatic rings. The molecule has 1 aliphatic rings. The van der Waals surface area contributed by atoms with E-state index in [2.05, 4.69) is 4.99 Å². The summed E-state index contributed by atoms with van der Waals surface area (Å²) in [6.45, 7) is 0. The van der Waals surface area contributed by atoms with Gasteiger partial charge < -0.3 is 4.74 Å². The van der Waals surface area contributed by atoms with Gasteiger partial charge in [-0.3, -0.25) is 14.9 Å². The van der Waals surface area contributed by atoms with Gasteiger partial charge in [-0.05, 0) is 41.6 Å². The van der Waals surface area contributed by atoms with Crippen LogP contribution in [0.4, 0.5) is 5.69 Å². The number of carbonyl (C=O) groups is 1. The minimum atomic E-state index is -0.568. The summed E-state index contributed by atoms with van der Waals surface area (Å²) in [5.41, 5.74) is 1.34. The lowest BCUT2D eigenvalue weighted by atomic mass is 10.2. The van der Waals surface area contributed by atoms with Crippen LogP contribution in [0.5, 0.6) is 5.75 Å². The van der Waals surface area contributed by atoms with Gasteiger partial charge in [0.1, 0.15) is 21.5 Å². The Bertz CT molecular complexity index is 923. The quantitative estimate of drug-likeness (QED) is 0.452. The molecule has 0 saturated heterocycles. The van der Waals surface area contributed by atoms with Crippen LogP contribution in [0.2, 0.25) is 5.02 Å². The molecule has 2 aromatic carbocycles. The minimum Gasteiger partial charge on any atom is -0.497 e. The lowest BCUT2D eigenvalue weighted by Gasteiger charge is -2.00. The van der Waals surface area contributed by atoms with Crippen molar-refractivity contribution >= 4 is 45.3 Å². The standard InChI is InChI=1S/C17H11ClN2O4S/c1-24-12-5-2-10(3-6-12)8-14-17(21)25-16(19-14)11-4-7-13(18)15(9-11)20(22)23/h2-9H,1H3/b14-8-. The second-order valence-electron chi connectivity index (χ2n) is 5.03. The van der Waals surface area contributed by atoms with E-state index in [-0.39, 0.29) is 21.5 Å². The van der Waals surface area contributed by atoms with Gasteiger partial charge in [-0.1, -0.05) is 29.8 Å². The lowest BCUT2D eigenvalue weighted by Crippen LogP contribution is -1.96. The van der Waals surface area contributed by atoms with Crippen molar-refractivity contribution in [3.63, 3.8) is 0 Å². The van der Waals surface area contributed by atoms with E-state index in [4.69, 9.17) is 16.3 Å². The molecule has 0 bridgehead atoms. The highest BCUT2D eigenvalue weighted by molar-refractivity contribution is 8.27. The van der Waals surface area contributed by atoms with Crippen LogP contribution in [-0.2, 0) is 4.79 Å². The molecule has 0 atom stereocenters. The van der Waals surface area contributed by atoms with E-state index in [0.29, 0.717) is 16.4 Å². The van der Waals surface area contributed by atoms with Crippen molar-refractivity contribution in [3.05, 3.63) is 74.4 Å². The van der Waals surface area contributed by atoms with Crippen molar-refractivity contribution in [2.45, 2.75) is 0 Å². The van der Waals surface area contributed by atoms with Crippen LogP contribution in [0, 0.1) is 10.1 Å². The number of carbonyl (C=O) groups excluding carboxylic acids is 1. The first-order valence-corrected chi connectivity index (χ1v) is 8.28. The zero-order valence-electron chi connectivity index (χ0n) is 12.9. The zero-order chi connectivity index (χ0) is 18.0. The monoisotopic (exact) mass is 374 g/mol. The van der Waals surface area contributed by atoms with E-state index in [1.54, 1.807) is 31.4 Å². The number of methoxy groups -OCH3 is 1. The number of nitro groups is 1. The van der Waals surface area contributed by atoms with Gasteiger partial charge in [-0.15, -0.1) is 0 Å². The average Bonchev–Trinajstić information content (AvgIpc) is 2.96. The van der Waals surface area contributed by atoms with Crippen LogP contribution >= 0.6 is 23.4 Å².